The smallest absolute Gasteiger partial charge is 0.222 e. The highest BCUT2D eigenvalue weighted by Gasteiger charge is 2.33. The summed E-state index contributed by atoms with van der Waals surface area (Å²) in [6, 6.07) is 0.850. The molecule has 1 heterocycles. The quantitative estimate of drug-likeness (QED) is 0.406. The number of rotatable bonds is 7. The maximum Gasteiger partial charge on any atom is 0.228 e. The van der Waals surface area contributed by atoms with Gasteiger partial charge in [0.1, 0.15) is 6.54 Å². The van der Waals surface area contributed by atoms with Gasteiger partial charge in [0, 0.05) is 12.8 Å². The molecule has 1 unspecified atom stereocenters. The molecule has 0 aliphatic carbocycles. The van der Waals surface area contributed by atoms with Crippen LogP contribution in [0.4, 0.5) is 0 Å². The standard InChI is InChI=1S/C11H22N/c1-3-5-7-8-11-10-12(11)9-6-4-2/h10-11H,3-9H2,1-2H3/q+1. The Balaban J connectivity index is 1.89. The molecule has 0 aromatic carbocycles. The molecular weight excluding hydrogens is 146 g/mol. The van der Waals surface area contributed by atoms with Crippen LogP contribution in [0.1, 0.15) is 52.4 Å². The molecule has 0 aromatic rings. The largest absolute Gasteiger partial charge is 0.228 e. The second kappa shape index (κ2) is 5.34. The zero-order valence-corrected chi connectivity index (χ0v) is 8.55. The summed E-state index contributed by atoms with van der Waals surface area (Å²) in [5.74, 6) is 0. The van der Waals surface area contributed by atoms with Crippen LogP contribution in [0, 0.1) is 0 Å². The lowest BCUT2D eigenvalue weighted by Crippen LogP contribution is -2.04. The van der Waals surface area contributed by atoms with Gasteiger partial charge in [-0.05, 0) is 6.42 Å². The van der Waals surface area contributed by atoms with Crippen LogP contribution in [0.3, 0.4) is 0 Å². The van der Waals surface area contributed by atoms with Crippen LogP contribution in [0.5, 0.6) is 0 Å². The van der Waals surface area contributed by atoms with Crippen molar-refractivity contribution in [1.82, 2.24) is 0 Å². The van der Waals surface area contributed by atoms with Gasteiger partial charge in [-0.2, -0.15) is 0 Å². The lowest BCUT2D eigenvalue weighted by atomic mass is 10.1. The Kier molecular flexibility index (Phi) is 4.34. The van der Waals surface area contributed by atoms with E-state index >= 15 is 0 Å². The third kappa shape index (κ3) is 3.38. The van der Waals surface area contributed by atoms with E-state index in [-0.39, 0.29) is 0 Å². The Morgan fingerprint density at radius 1 is 1.08 bits per heavy atom. The molecule has 70 valence electrons. The highest BCUT2D eigenvalue weighted by atomic mass is 15.1. The van der Waals surface area contributed by atoms with E-state index in [9.17, 15) is 0 Å². The third-order valence-corrected chi connectivity index (χ3v) is 2.57. The van der Waals surface area contributed by atoms with E-state index < -0.39 is 0 Å². The average Bonchev–Trinajstić information content (AvgIpc) is 2.81. The van der Waals surface area contributed by atoms with Gasteiger partial charge in [0.2, 0.25) is 12.3 Å². The van der Waals surface area contributed by atoms with Gasteiger partial charge in [-0.3, -0.25) is 0 Å². The first-order valence-corrected chi connectivity index (χ1v) is 5.49. The lowest BCUT2D eigenvalue weighted by Gasteiger charge is -1.93. The fourth-order valence-electron chi connectivity index (χ4n) is 1.61. The summed E-state index contributed by atoms with van der Waals surface area (Å²) in [7, 11) is 0. The molecule has 0 saturated carbocycles. The summed E-state index contributed by atoms with van der Waals surface area (Å²) in [4.78, 5) is 0. The minimum Gasteiger partial charge on any atom is -0.222 e. The summed E-state index contributed by atoms with van der Waals surface area (Å²) >= 11 is 0. The predicted octanol–water partition coefficient (Wildman–Crippen LogP) is 2.83. The van der Waals surface area contributed by atoms with Crippen LogP contribution in [0.2, 0.25) is 0 Å². The summed E-state index contributed by atoms with van der Waals surface area (Å²) in [5, 5.41) is 0. The molecule has 1 atom stereocenters. The Labute approximate surface area is 76.5 Å². The molecule has 0 N–H and O–H groups in total. The molecule has 0 bridgehead atoms. The number of nitrogens with zero attached hydrogens (tertiary/aromatic N) is 1. The number of hydrogen-bond acceptors (Lipinski definition) is 0. The van der Waals surface area contributed by atoms with Crippen molar-refractivity contribution in [2.75, 3.05) is 6.54 Å². The molecule has 1 nitrogen and oxygen atoms in total. The van der Waals surface area contributed by atoms with E-state index in [0.29, 0.717) is 0 Å². The van der Waals surface area contributed by atoms with Crippen LogP contribution in [-0.4, -0.2) is 23.4 Å². The maximum atomic E-state index is 2.50. The highest BCUT2D eigenvalue weighted by molar-refractivity contribution is 5.66. The van der Waals surface area contributed by atoms with Crippen LogP contribution in [-0.2, 0) is 0 Å². The summed E-state index contributed by atoms with van der Waals surface area (Å²) in [6.07, 6.45) is 10.7. The first kappa shape index (κ1) is 9.76. The average molecular weight is 168 g/mol. The second-order valence-electron chi connectivity index (χ2n) is 3.80. The topological polar surface area (TPSA) is 3.01 Å². The second-order valence-corrected chi connectivity index (χ2v) is 3.80. The van der Waals surface area contributed by atoms with Crippen LogP contribution >= 0.6 is 0 Å². The van der Waals surface area contributed by atoms with E-state index in [1.165, 1.54) is 45.1 Å². The monoisotopic (exact) mass is 168 g/mol. The lowest BCUT2D eigenvalue weighted by molar-refractivity contribution is -0.471. The Bertz CT molecular complexity index is 149. The van der Waals surface area contributed by atoms with E-state index in [2.05, 4.69) is 24.6 Å². The van der Waals surface area contributed by atoms with Crippen molar-refractivity contribution in [2.45, 2.75) is 58.4 Å². The molecular formula is C11H22N+. The third-order valence-electron chi connectivity index (χ3n) is 2.57. The minimum atomic E-state index is 0.850. The van der Waals surface area contributed by atoms with Gasteiger partial charge in [0.05, 0.1) is 0 Å². The van der Waals surface area contributed by atoms with E-state index in [1.54, 1.807) is 0 Å². The van der Waals surface area contributed by atoms with Crippen molar-refractivity contribution in [3.8, 4) is 0 Å². The zero-order valence-electron chi connectivity index (χ0n) is 8.55. The van der Waals surface area contributed by atoms with Gasteiger partial charge in [-0.1, -0.05) is 33.1 Å². The predicted molar refractivity (Wildman–Crippen MR) is 54.0 cm³/mol. The zero-order chi connectivity index (χ0) is 8.81. The van der Waals surface area contributed by atoms with E-state index in [1.807, 2.05) is 0 Å². The van der Waals surface area contributed by atoms with E-state index in [0.717, 1.165) is 6.04 Å². The Morgan fingerprint density at radius 2 is 1.83 bits per heavy atom. The van der Waals surface area contributed by atoms with Gasteiger partial charge in [0.15, 0.2) is 0 Å². The van der Waals surface area contributed by atoms with E-state index in [4.69, 9.17) is 0 Å². The molecule has 0 fully saturated rings. The Hall–Kier alpha value is -0.330. The van der Waals surface area contributed by atoms with Gasteiger partial charge in [0.25, 0.3) is 0 Å². The minimum absolute atomic E-state index is 0.850. The van der Waals surface area contributed by atoms with Crippen LogP contribution in [0.25, 0.3) is 0 Å². The van der Waals surface area contributed by atoms with Gasteiger partial charge in [-0.25, -0.2) is 4.58 Å². The van der Waals surface area contributed by atoms with Crippen molar-refractivity contribution in [1.29, 1.82) is 0 Å². The summed E-state index contributed by atoms with van der Waals surface area (Å²) < 4.78 is 2.50. The first-order chi connectivity index (χ1) is 5.88. The molecule has 0 saturated heterocycles. The SMILES string of the molecule is CCCCCC1C=[N+]1CCCC. The number of unbranched alkanes of at least 4 members (excludes halogenated alkanes) is 3. The first-order valence-electron chi connectivity index (χ1n) is 5.49. The Morgan fingerprint density at radius 3 is 2.50 bits per heavy atom. The summed E-state index contributed by atoms with van der Waals surface area (Å²) in [6.45, 7) is 5.83. The van der Waals surface area contributed by atoms with Crippen molar-refractivity contribution in [2.24, 2.45) is 0 Å². The van der Waals surface area contributed by atoms with Crippen LogP contribution < -0.4 is 0 Å². The molecule has 12 heavy (non-hydrogen) atoms. The molecule has 1 heteroatoms. The molecule has 0 aromatic heterocycles. The van der Waals surface area contributed by atoms with Gasteiger partial charge >= 0.3 is 0 Å². The molecule has 0 amide bonds. The van der Waals surface area contributed by atoms with Crippen molar-refractivity contribution in [3.63, 3.8) is 0 Å². The molecule has 1 aliphatic rings. The van der Waals surface area contributed by atoms with Crippen molar-refractivity contribution >= 4 is 6.21 Å². The molecule has 1 rings (SSSR count). The fraction of sp³-hybridized carbons (Fsp3) is 0.909. The van der Waals surface area contributed by atoms with Gasteiger partial charge < -0.3 is 0 Å². The van der Waals surface area contributed by atoms with Crippen LogP contribution in [0.15, 0.2) is 0 Å². The molecule has 0 spiro atoms. The molecule has 1 aliphatic heterocycles. The van der Waals surface area contributed by atoms with Gasteiger partial charge in [-0.15, -0.1) is 0 Å². The normalized spacial score (nSPS) is 20.8. The van der Waals surface area contributed by atoms with Crippen molar-refractivity contribution in [3.05, 3.63) is 0 Å². The fourth-order valence-corrected chi connectivity index (χ4v) is 1.61. The number of hydrogen-bond donors (Lipinski definition) is 0. The summed E-state index contributed by atoms with van der Waals surface area (Å²) in [5.41, 5.74) is 0. The molecule has 0 radical (unpaired) electrons. The maximum absolute atomic E-state index is 2.50. The highest BCUT2D eigenvalue weighted by Crippen LogP contribution is 2.13. The van der Waals surface area contributed by atoms with Crippen molar-refractivity contribution < 1.29 is 4.58 Å².